The third kappa shape index (κ3) is 3.78. The van der Waals surface area contributed by atoms with E-state index < -0.39 is 21.4 Å². The molecule has 4 nitrogen and oxygen atoms in total. The van der Waals surface area contributed by atoms with Crippen molar-refractivity contribution in [3.63, 3.8) is 0 Å². The first-order chi connectivity index (χ1) is 12.2. The maximum atomic E-state index is 12.6. The maximum absolute atomic E-state index is 12.6. The molecular formula is C17H11BrF3NO3S. The quantitative estimate of drug-likeness (QED) is 0.421. The molecule has 0 aliphatic heterocycles. The fourth-order valence-corrected chi connectivity index (χ4v) is 3.34. The minimum Gasteiger partial charge on any atom is -0.376 e. The van der Waals surface area contributed by atoms with Crippen molar-refractivity contribution in [3.05, 3.63) is 65.1 Å². The van der Waals surface area contributed by atoms with Crippen molar-refractivity contribution in [1.82, 2.24) is 0 Å². The Morgan fingerprint density at radius 3 is 2.27 bits per heavy atom. The van der Waals surface area contributed by atoms with Crippen LogP contribution >= 0.6 is 15.9 Å². The zero-order chi connectivity index (χ0) is 18.9. The molecule has 3 rings (SSSR count). The topological polar surface area (TPSA) is 55.4 Å². The van der Waals surface area contributed by atoms with Gasteiger partial charge >= 0.3 is 15.6 Å². The van der Waals surface area contributed by atoms with E-state index in [0.717, 1.165) is 5.69 Å². The summed E-state index contributed by atoms with van der Waals surface area (Å²) in [6.45, 7) is 0. The lowest BCUT2D eigenvalue weighted by Crippen LogP contribution is -2.28. The van der Waals surface area contributed by atoms with Crippen molar-refractivity contribution in [1.29, 1.82) is 0 Å². The van der Waals surface area contributed by atoms with Crippen LogP contribution in [0.4, 0.5) is 24.5 Å². The Hall–Kier alpha value is -2.26. The van der Waals surface area contributed by atoms with Gasteiger partial charge in [0.15, 0.2) is 0 Å². The Kier molecular flexibility index (Phi) is 4.85. The Labute approximate surface area is 155 Å². The highest BCUT2D eigenvalue weighted by Crippen LogP contribution is 2.36. The fraction of sp³-hybridized carbons (Fsp3) is 0.0588. The molecule has 9 heteroatoms. The summed E-state index contributed by atoms with van der Waals surface area (Å²) in [5.41, 5.74) is -4.15. The Balaban J connectivity index is 2.07. The van der Waals surface area contributed by atoms with Crippen LogP contribution in [0.15, 0.2) is 65.1 Å². The van der Waals surface area contributed by atoms with E-state index in [0.29, 0.717) is 20.9 Å². The van der Waals surface area contributed by atoms with Gasteiger partial charge in [-0.3, -0.25) is 0 Å². The molecule has 1 N–H and O–H groups in total. The van der Waals surface area contributed by atoms with Crippen LogP contribution in [0.5, 0.6) is 5.75 Å². The summed E-state index contributed by atoms with van der Waals surface area (Å²) < 4.78 is 64.9. The molecule has 0 atom stereocenters. The van der Waals surface area contributed by atoms with Gasteiger partial charge in [0.25, 0.3) is 0 Å². The average Bonchev–Trinajstić information content (AvgIpc) is 2.55. The Bertz CT molecular complexity index is 1050. The molecule has 0 fully saturated rings. The number of rotatable bonds is 4. The van der Waals surface area contributed by atoms with Crippen molar-refractivity contribution >= 4 is 48.2 Å². The van der Waals surface area contributed by atoms with Crippen LogP contribution in [0.3, 0.4) is 0 Å². The first-order valence-electron chi connectivity index (χ1n) is 7.22. The summed E-state index contributed by atoms with van der Waals surface area (Å²) in [6, 6.07) is 16.8. The molecule has 0 saturated carbocycles. The van der Waals surface area contributed by atoms with Crippen LogP contribution in [-0.4, -0.2) is 13.9 Å². The van der Waals surface area contributed by atoms with Gasteiger partial charge in [-0.25, -0.2) is 0 Å². The lowest BCUT2D eigenvalue weighted by molar-refractivity contribution is -0.0500. The molecule has 0 radical (unpaired) electrons. The number of para-hydroxylation sites is 1. The van der Waals surface area contributed by atoms with E-state index in [4.69, 9.17) is 0 Å². The molecule has 0 amide bonds. The van der Waals surface area contributed by atoms with Crippen LogP contribution in [0.2, 0.25) is 0 Å². The monoisotopic (exact) mass is 445 g/mol. The summed E-state index contributed by atoms with van der Waals surface area (Å²) >= 11 is 3.24. The van der Waals surface area contributed by atoms with Gasteiger partial charge < -0.3 is 9.50 Å². The van der Waals surface area contributed by atoms with E-state index in [2.05, 4.69) is 25.4 Å². The highest BCUT2D eigenvalue weighted by Gasteiger charge is 2.48. The molecule has 0 aliphatic rings. The molecule has 0 bridgehead atoms. The van der Waals surface area contributed by atoms with Gasteiger partial charge in [-0.2, -0.15) is 21.6 Å². The molecule has 3 aromatic rings. The predicted molar refractivity (Wildman–Crippen MR) is 97.0 cm³/mol. The molecule has 26 heavy (non-hydrogen) atoms. The third-order valence-corrected chi connectivity index (χ3v) is 5.10. The normalized spacial score (nSPS) is 12.2. The van der Waals surface area contributed by atoms with E-state index in [1.54, 1.807) is 18.2 Å². The molecular weight excluding hydrogens is 435 g/mol. The van der Waals surface area contributed by atoms with Crippen LogP contribution < -0.4 is 9.50 Å². The predicted octanol–water partition coefficient (Wildman–Crippen LogP) is 5.57. The Morgan fingerprint density at radius 2 is 1.62 bits per heavy atom. The lowest BCUT2D eigenvalue weighted by Gasteiger charge is -2.14. The zero-order valence-corrected chi connectivity index (χ0v) is 15.3. The largest absolute Gasteiger partial charge is 0.534 e. The van der Waals surface area contributed by atoms with E-state index in [-0.39, 0.29) is 0 Å². The minimum atomic E-state index is -5.75. The molecule has 3 aromatic carbocycles. The van der Waals surface area contributed by atoms with Crippen LogP contribution in [0.25, 0.3) is 10.8 Å². The highest BCUT2D eigenvalue weighted by atomic mass is 79.9. The van der Waals surface area contributed by atoms with Gasteiger partial charge in [0, 0.05) is 21.2 Å². The second kappa shape index (κ2) is 6.81. The Morgan fingerprint density at radius 1 is 0.923 bits per heavy atom. The van der Waals surface area contributed by atoms with Gasteiger partial charge in [-0.1, -0.05) is 46.3 Å². The summed E-state index contributed by atoms with van der Waals surface area (Å²) in [4.78, 5) is 0. The van der Waals surface area contributed by atoms with Crippen molar-refractivity contribution in [2.75, 3.05) is 5.32 Å². The smallest absolute Gasteiger partial charge is 0.376 e. The third-order valence-electron chi connectivity index (χ3n) is 3.46. The van der Waals surface area contributed by atoms with Gasteiger partial charge in [-0.05, 0) is 35.7 Å². The standard InChI is InChI=1S/C17H11BrF3NO3S/c18-15-10-12(25-26(23,24)17(19,20)21)9-14-13(15)7-4-8-16(14)22-11-5-2-1-3-6-11/h1-10,22H. The summed E-state index contributed by atoms with van der Waals surface area (Å²) in [5.74, 6) is -0.441. The van der Waals surface area contributed by atoms with Crippen molar-refractivity contribution in [2.24, 2.45) is 0 Å². The van der Waals surface area contributed by atoms with E-state index in [9.17, 15) is 21.6 Å². The van der Waals surface area contributed by atoms with Crippen molar-refractivity contribution < 1.29 is 25.8 Å². The van der Waals surface area contributed by atoms with E-state index in [1.807, 2.05) is 30.3 Å². The summed E-state index contributed by atoms with van der Waals surface area (Å²) in [7, 11) is -5.75. The van der Waals surface area contributed by atoms with Gasteiger partial charge in [0.1, 0.15) is 5.75 Å². The molecule has 0 saturated heterocycles. The average molecular weight is 446 g/mol. The molecule has 0 spiro atoms. The number of anilines is 2. The second-order valence-corrected chi connectivity index (χ2v) is 7.67. The zero-order valence-electron chi connectivity index (χ0n) is 12.9. The number of hydrogen-bond donors (Lipinski definition) is 1. The van der Waals surface area contributed by atoms with Crippen molar-refractivity contribution in [3.8, 4) is 5.75 Å². The number of fused-ring (bicyclic) bond motifs is 1. The molecule has 0 aromatic heterocycles. The molecule has 136 valence electrons. The number of alkyl halides is 3. The number of nitrogens with one attached hydrogen (secondary N) is 1. The second-order valence-electron chi connectivity index (χ2n) is 5.28. The highest BCUT2D eigenvalue weighted by molar-refractivity contribution is 9.10. The first kappa shape index (κ1) is 18.5. The number of halogens is 4. The summed E-state index contributed by atoms with van der Waals surface area (Å²) in [6.07, 6.45) is 0. The number of benzene rings is 3. The van der Waals surface area contributed by atoms with Gasteiger partial charge in [0.2, 0.25) is 0 Å². The van der Waals surface area contributed by atoms with Gasteiger partial charge in [-0.15, -0.1) is 0 Å². The molecule has 0 heterocycles. The maximum Gasteiger partial charge on any atom is 0.534 e. The number of hydrogen-bond acceptors (Lipinski definition) is 4. The molecule has 0 unspecified atom stereocenters. The minimum absolute atomic E-state index is 0.402. The van der Waals surface area contributed by atoms with E-state index >= 15 is 0 Å². The van der Waals surface area contributed by atoms with Crippen molar-refractivity contribution in [2.45, 2.75) is 5.51 Å². The van der Waals surface area contributed by atoms with Gasteiger partial charge in [0.05, 0.1) is 0 Å². The fourth-order valence-electron chi connectivity index (χ4n) is 2.32. The molecule has 0 aliphatic carbocycles. The van der Waals surface area contributed by atoms with Crippen LogP contribution in [-0.2, 0) is 10.1 Å². The first-order valence-corrected chi connectivity index (χ1v) is 9.42. The lowest BCUT2D eigenvalue weighted by atomic mass is 10.1. The SMILES string of the molecule is O=S(=O)(Oc1cc(Br)c2cccc(Nc3ccccc3)c2c1)C(F)(F)F. The van der Waals surface area contributed by atoms with Crippen LogP contribution in [0, 0.1) is 0 Å². The van der Waals surface area contributed by atoms with E-state index in [1.165, 1.54) is 12.1 Å². The summed E-state index contributed by atoms with van der Waals surface area (Å²) in [5, 5.41) is 4.33. The van der Waals surface area contributed by atoms with Crippen LogP contribution in [0.1, 0.15) is 0 Å².